The Hall–Kier alpha value is -2.93. The second-order valence-corrected chi connectivity index (χ2v) is 9.30. The van der Waals surface area contributed by atoms with E-state index in [4.69, 9.17) is 12.2 Å². The average Bonchev–Trinajstić information content (AvgIpc) is 2.71. The number of halogens is 5. The van der Waals surface area contributed by atoms with E-state index in [1.54, 1.807) is 12.1 Å². The van der Waals surface area contributed by atoms with Crippen LogP contribution in [0.5, 0.6) is 0 Å². The van der Waals surface area contributed by atoms with Gasteiger partial charge in [-0.25, -0.2) is 9.97 Å². The lowest BCUT2D eigenvalue weighted by molar-refractivity contribution is 0.364. The monoisotopic (exact) mass is 476 g/mol. The number of hydrogen-bond donors (Lipinski definition) is 1. The molecule has 1 aromatic carbocycles. The van der Waals surface area contributed by atoms with E-state index in [2.05, 4.69) is 25.3 Å². The number of rotatable bonds is 6. The van der Waals surface area contributed by atoms with Crippen LogP contribution in [0.25, 0.3) is 11.4 Å². The van der Waals surface area contributed by atoms with Crippen molar-refractivity contribution in [1.82, 2.24) is 24.8 Å². The average molecular weight is 476 g/mol. The maximum absolute atomic E-state index is 13.0. The Morgan fingerprint density at radius 3 is 2.48 bits per heavy atom. The van der Waals surface area contributed by atoms with Crippen LogP contribution in [0.4, 0.5) is 31.1 Å². The predicted octanol–water partition coefficient (Wildman–Crippen LogP) is 5.96. The Kier molecular flexibility index (Phi) is 5.39. The van der Waals surface area contributed by atoms with Crippen LogP contribution in [0.1, 0.15) is 12.6 Å². The number of nitrogens with zero attached hydrogens (tertiary/aromatic N) is 5. The first-order chi connectivity index (χ1) is 14.3. The second-order valence-electron chi connectivity index (χ2n) is 6.50. The van der Waals surface area contributed by atoms with Crippen molar-refractivity contribution in [1.29, 1.82) is 0 Å². The van der Waals surface area contributed by atoms with Gasteiger partial charge in [0.15, 0.2) is 5.82 Å². The van der Waals surface area contributed by atoms with Gasteiger partial charge >= 0.3 is 10.2 Å². The smallest absolute Gasteiger partial charge is 0.310 e. The van der Waals surface area contributed by atoms with Crippen LogP contribution < -0.4 is 5.32 Å². The molecule has 0 saturated heterocycles. The molecular weight excluding hydrogens is 459 g/mol. The van der Waals surface area contributed by atoms with E-state index in [0.717, 1.165) is 12.4 Å². The lowest BCUT2D eigenvalue weighted by atomic mass is 10.2. The van der Waals surface area contributed by atoms with Crippen molar-refractivity contribution in [3.63, 3.8) is 0 Å². The van der Waals surface area contributed by atoms with Crippen molar-refractivity contribution in [2.24, 2.45) is 0 Å². The topological polar surface area (TPSA) is 66.8 Å². The molecule has 1 N–H and O–H groups in total. The van der Waals surface area contributed by atoms with Crippen molar-refractivity contribution in [2.75, 3.05) is 18.9 Å². The third-order valence-electron chi connectivity index (χ3n) is 4.17. The molecule has 2 aromatic heterocycles. The zero-order valence-corrected chi connectivity index (χ0v) is 17.9. The van der Waals surface area contributed by atoms with Crippen molar-refractivity contribution in [3.05, 3.63) is 54.6 Å². The van der Waals surface area contributed by atoms with Gasteiger partial charge in [0.1, 0.15) is 16.2 Å². The van der Waals surface area contributed by atoms with E-state index in [0.29, 0.717) is 34.9 Å². The molecule has 3 rings (SSSR count). The van der Waals surface area contributed by atoms with Gasteiger partial charge in [-0.3, -0.25) is 4.98 Å². The minimum atomic E-state index is -9.80. The van der Waals surface area contributed by atoms with Crippen LogP contribution in [-0.4, -0.2) is 43.4 Å². The summed E-state index contributed by atoms with van der Waals surface area (Å²) >= 11 is 5.37. The molecule has 31 heavy (non-hydrogen) atoms. The Morgan fingerprint density at radius 2 is 1.81 bits per heavy atom. The van der Waals surface area contributed by atoms with Crippen LogP contribution in [0.15, 0.2) is 53.8 Å². The summed E-state index contributed by atoms with van der Waals surface area (Å²) in [5, 5.41) is 2.50. The predicted molar refractivity (Wildman–Crippen MR) is 114 cm³/mol. The van der Waals surface area contributed by atoms with Crippen LogP contribution in [0, 0.1) is 0 Å². The number of pyridine rings is 1. The van der Waals surface area contributed by atoms with Gasteiger partial charge in [0.05, 0.1) is 5.69 Å². The highest BCUT2D eigenvalue weighted by Crippen LogP contribution is 3.02. The molecule has 0 fully saturated rings. The molecule has 13 heteroatoms. The zero-order valence-electron chi connectivity index (χ0n) is 16.3. The van der Waals surface area contributed by atoms with Crippen molar-refractivity contribution in [2.45, 2.75) is 11.8 Å². The Morgan fingerprint density at radius 1 is 1.06 bits per heavy atom. The van der Waals surface area contributed by atoms with Crippen molar-refractivity contribution < 1.29 is 19.4 Å². The highest BCUT2D eigenvalue weighted by Gasteiger charge is 2.65. The molecule has 0 aliphatic carbocycles. The van der Waals surface area contributed by atoms with E-state index < -0.39 is 15.1 Å². The number of hydrogen-bond acceptors (Lipinski definition) is 6. The van der Waals surface area contributed by atoms with Crippen LogP contribution in [0.2, 0.25) is 0 Å². The van der Waals surface area contributed by atoms with E-state index in [-0.39, 0.29) is 17.5 Å². The van der Waals surface area contributed by atoms with Crippen LogP contribution in [0.3, 0.4) is 0 Å². The normalized spacial score (nSPS) is 13.8. The van der Waals surface area contributed by atoms with Crippen molar-refractivity contribution >= 4 is 39.1 Å². The highest BCUT2D eigenvalue weighted by atomic mass is 32.5. The molecule has 0 bridgehead atoms. The number of anilines is 2. The third-order valence-corrected chi connectivity index (χ3v) is 5.83. The minimum Gasteiger partial charge on any atom is -0.364 e. The summed E-state index contributed by atoms with van der Waals surface area (Å²) < 4.78 is 65.2. The second kappa shape index (κ2) is 7.34. The molecule has 0 aliphatic heterocycles. The quantitative estimate of drug-likeness (QED) is 0.348. The summed E-state index contributed by atoms with van der Waals surface area (Å²) in [6.07, 6.45) is 2.67. The Balaban J connectivity index is 1.90. The molecule has 0 saturated carbocycles. The fourth-order valence-electron chi connectivity index (χ4n) is 2.46. The van der Waals surface area contributed by atoms with Gasteiger partial charge in [-0.05, 0) is 37.3 Å². The van der Waals surface area contributed by atoms with E-state index in [1.165, 1.54) is 12.3 Å². The first-order valence-corrected chi connectivity index (χ1v) is 11.1. The number of nitrogens with one attached hydrogen (secondary N) is 1. The van der Waals surface area contributed by atoms with Crippen LogP contribution in [-0.2, 0) is 0 Å². The maximum atomic E-state index is 13.0. The van der Waals surface area contributed by atoms with E-state index >= 15 is 0 Å². The van der Waals surface area contributed by atoms with Gasteiger partial charge in [0.2, 0.25) is 5.95 Å². The maximum Gasteiger partial charge on any atom is 0.310 e. The molecule has 3 aromatic rings. The SMILES string of the molecule is CCN(C)C(=S)c1cc(-c2ncnc(Nc3cccc(S(F)(F)(F)(F)F)c3)n2)ccn1. The highest BCUT2D eigenvalue weighted by molar-refractivity contribution is 8.45. The molecule has 0 aliphatic rings. The summed E-state index contributed by atoms with van der Waals surface area (Å²) in [5.41, 5.74) is 0.822. The molecule has 0 atom stereocenters. The number of aromatic nitrogens is 4. The van der Waals surface area contributed by atoms with E-state index in [1.807, 2.05) is 18.9 Å². The van der Waals surface area contributed by atoms with Crippen LogP contribution >= 0.6 is 22.4 Å². The zero-order chi connectivity index (χ0) is 22.9. The van der Waals surface area contributed by atoms with Gasteiger partial charge in [0, 0.05) is 31.0 Å². The summed E-state index contributed by atoms with van der Waals surface area (Å²) in [7, 11) is -7.98. The molecule has 0 unspecified atom stereocenters. The molecule has 6 nitrogen and oxygen atoms in total. The molecule has 0 amide bonds. The van der Waals surface area contributed by atoms with Gasteiger partial charge in [-0.15, -0.1) is 0 Å². The summed E-state index contributed by atoms with van der Waals surface area (Å²) in [5.74, 6) is 0.0860. The minimum absolute atomic E-state index is 0.115. The number of benzene rings is 1. The molecule has 2 heterocycles. The summed E-state index contributed by atoms with van der Waals surface area (Å²) in [6.45, 7) is 2.62. The number of thiocarbonyl (C=S) groups is 1. The first-order valence-electron chi connectivity index (χ1n) is 8.79. The van der Waals surface area contributed by atoms with Gasteiger partial charge in [-0.1, -0.05) is 37.7 Å². The summed E-state index contributed by atoms with van der Waals surface area (Å²) in [4.78, 5) is 16.6. The Labute approximate surface area is 180 Å². The molecule has 0 radical (unpaired) electrons. The molecule has 0 spiro atoms. The first kappa shape index (κ1) is 22.7. The fourth-order valence-corrected chi connectivity index (χ4v) is 3.39. The molecule has 166 valence electrons. The van der Waals surface area contributed by atoms with E-state index in [9.17, 15) is 19.4 Å². The van der Waals surface area contributed by atoms with Gasteiger partial charge in [0.25, 0.3) is 0 Å². The fraction of sp³-hybridized carbons (Fsp3) is 0.167. The molecular formula is C18H17F5N6S2. The van der Waals surface area contributed by atoms with Crippen molar-refractivity contribution in [3.8, 4) is 11.4 Å². The largest absolute Gasteiger partial charge is 0.364 e. The third kappa shape index (κ3) is 5.61. The summed E-state index contributed by atoms with van der Waals surface area (Å²) in [6, 6.07) is 6.00. The Bertz CT molecular complexity index is 1140. The van der Waals surface area contributed by atoms with Gasteiger partial charge < -0.3 is 10.2 Å². The standard InChI is InChI=1S/C18H17F5N6S2/c1-3-29(2)17(30)15-9-12(7-8-24-15)16-25-11-26-18(28-16)27-13-5-4-6-14(10-13)31(19,20,21,22)23/h4-11H,3H2,1-2H3,(H,25,26,27,28). The lowest BCUT2D eigenvalue weighted by Crippen LogP contribution is -2.26. The lowest BCUT2D eigenvalue weighted by Gasteiger charge is -2.40. The van der Waals surface area contributed by atoms with Gasteiger partial charge in [-0.2, -0.15) is 4.98 Å².